The Morgan fingerprint density at radius 3 is 2.36 bits per heavy atom. The van der Waals surface area contributed by atoms with Crippen molar-refractivity contribution in [3.63, 3.8) is 0 Å². The standard InChI is InChI=1S/C23H16Cl2N2O5S/c1-31-21-10-7-15(12-22(21)32-33(29,30)18-5-3-2-4-6-18)11-16(14-26)23(28)27-17-8-9-19(24)20(25)13-17/h2-13H,1H3,(H,27,28)/b16-11+. The Balaban J connectivity index is 1.89. The molecule has 0 aliphatic heterocycles. The summed E-state index contributed by atoms with van der Waals surface area (Å²) in [7, 11) is -2.77. The molecule has 168 valence electrons. The zero-order chi connectivity index (χ0) is 24.0. The van der Waals surface area contributed by atoms with Gasteiger partial charge in [-0.25, -0.2) is 0 Å². The first-order valence-corrected chi connectivity index (χ1v) is 11.5. The lowest BCUT2D eigenvalue weighted by molar-refractivity contribution is -0.112. The van der Waals surface area contributed by atoms with Crippen molar-refractivity contribution in [1.82, 2.24) is 0 Å². The van der Waals surface area contributed by atoms with Gasteiger partial charge in [-0.05, 0) is 54.1 Å². The van der Waals surface area contributed by atoms with Crippen molar-refractivity contribution >= 4 is 51.0 Å². The number of hydrogen-bond donors (Lipinski definition) is 1. The summed E-state index contributed by atoms with van der Waals surface area (Å²) in [6, 6.07) is 18.3. The third-order valence-electron chi connectivity index (χ3n) is 4.27. The first-order chi connectivity index (χ1) is 15.7. The Kier molecular flexibility index (Phi) is 7.61. The van der Waals surface area contributed by atoms with E-state index in [9.17, 15) is 18.5 Å². The van der Waals surface area contributed by atoms with Gasteiger partial charge in [-0.3, -0.25) is 4.79 Å². The fraction of sp³-hybridized carbons (Fsp3) is 0.0435. The summed E-state index contributed by atoms with van der Waals surface area (Å²) in [6.07, 6.45) is 1.29. The molecule has 0 unspecified atom stereocenters. The van der Waals surface area contributed by atoms with Crippen molar-refractivity contribution in [2.45, 2.75) is 4.90 Å². The number of carbonyl (C=O) groups is 1. The highest BCUT2D eigenvalue weighted by Gasteiger charge is 2.19. The molecule has 1 amide bonds. The Morgan fingerprint density at radius 1 is 1.00 bits per heavy atom. The summed E-state index contributed by atoms with van der Waals surface area (Å²) in [5.41, 5.74) is 0.460. The Bertz CT molecular complexity index is 1370. The topological polar surface area (TPSA) is 105 Å². The molecule has 0 aliphatic rings. The Hall–Kier alpha value is -3.51. The van der Waals surface area contributed by atoms with E-state index in [0.717, 1.165) is 0 Å². The van der Waals surface area contributed by atoms with Crippen LogP contribution in [0.4, 0.5) is 5.69 Å². The van der Waals surface area contributed by atoms with Gasteiger partial charge < -0.3 is 14.2 Å². The minimum atomic E-state index is -4.13. The molecule has 0 spiro atoms. The number of nitriles is 1. The summed E-state index contributed by atoms with van der Waals surface area (Å²) in [6.45, 7) is 0. The quantitative estimate of drug-likeness (QED) is 0.266. The Labute approximate surface area is 200 Å². The third-order valence-corrected chi connectivity index (χ3v) is 6.26. The van der Waals surface area contributed by atoms with E-state index in [1.165, 1.54) is 55.7 Å². The monoisotopic (exact) mass is 502 g/mol. The average molecular weight is 503 g/mol. The van der Waals surface area contributed by atoms with Gasteiger partial charge in [0.2, 0.25) is 0 Å². The molecule has 0 fully saturated rings. The molecular formula is C23H16Cl2N2O5S. The highest BCUT2D eigenvalue weighted by Crippen LogP contribution is 2.32. The fourth-order valence-electron chi connectivity index (χ4n) is 2.69. The van der Waals surface area contributed by atoms with Crippen LogP contribution in [0.1, 0.15) is 5.56 Å². The van der Waals surface area contributed by atoms with Crippen molar-refractivity contribution in [3.05, 3.63) is 87.9 Å². The highest BCUT2D eigenvalue weighted by atomic mass is 35.5. The molecule has 0 atom stereocenters. The lowest BCUT2D eigenvalue weighted by atomic mass is 10.1. The molecule has 0 bridgehead atoms. The number of halogens is 2. The summed E-state index contributed by atoms with van der Waals surface area (Å²) < 4.78 is 35.6. The minimum Gasteiger partial charge on any atom is -0.493 e. The summed E-state index contributed by atoms with van der Waals surface area (Å²) in [5, 5.41) is 12.6. The SMILES string of the molecule is COc1ccc(/C=C(\C#N)C(=O)Nc2ccc(Cl)c(Cl)c2)cc1OS(=O)(=O)c1ccccc1. The lowest BCUT2D eigenvalue weighted by Crippen LogP contribution is -2.13. The molecule has 3 aromatic carbocycles. The van der Waals surface area contributed by atoms with E-state index in [4.69, 9.17) is 32.1 Å². The maximum Gasteiger partial charge on any atom is 0.339 e. The summed E-state index contributed by atoms with van der Waals surface area (Å²) >= 11 is 11.8. The van der Waals surface area contributed by atoms with E-state index in [1.807, 2.05) is 6.07 Å². The van der Waals surface area contributed by atoms with E-state index in [2.05, 4.69) is 5.32 Å². The molecule has 33 heavy (non-hydrogen) atoms. The van der Waals surface area contributed by atoms with Gasteiger partial charge in [0, 0.05) is 5.69 Å². The van der Waals surface area contributed by atoms with Crippen LogP contribution in [0.25, 0.3) is 6.08 Å². The molecule has 10 heteroatoms. The second-order valence-corrected chi connectivity index (χ2v) is 8.87. The number of nitrogens with zero attached hydrogens (tertiary/aromatic N) is 1. The molecule has 0 saturated heterocycles. The summed E-state index contributed by atoms with van der Waals surface area (Å²) in [5.74, 6) is -0.631. The summed E-state index contributed by atoms with van der Waals surface area (Å²) in [4.78, 5) is 12.5. The highest BCUT2D eigenvalue weighted by molar-refractivity contribution is 7.87. The van der Waals surface area contributed by atoms with Gasteiger partial charge in [0.15, 0.2) is 11.5 Å². The van der Waals surface area contributed by atoms with E-state index >= 15 is 0 Å². The van der Waals surface area contributed by atoms with E-state index in [1.54, 1.807) is 24.3 Å². The zero-order valence-electron chi connectivity index (χ0n) is 17.1. The van der Waals surface area contributed by atoms with Crippen LogP contribution >= 0.6 is 23.2 Å². The second-order valence-electron chi connectivity index (χ2n) is 6.51. The number of carbonyl (C=O) groups excluding carboxylic acids is 1. The number of amides is 1. The molecule has 0 aromatic heterocycles. The van der Waals surface area contributed by atoms with Gasteiger partial charge in [0.05, 0.1) is 17.2 Å². The van der Waals surface area contributed by atoms with Crippen molar-refractivity contribution in [2.24, 2.45) is 0 Å². The van der Waals surface area contributed by atoms with Gasteiger partial charge in [-0.2, -0.15) is 13.7 Å². The molecular weight excluding hydrogens is 487 g/mol. The molecule has 3 rings (SSSR count). The third kappa shape index (κ3) is 6.05. The number of ether oxygens (including phenoxy) is 1. The number of nitrogens with one attached hydrogen (secondary N) is 1. The predicted molar refractivity (Wildman–Crippen MR) is 126 cm³/mol. The molecule has 7 nitrogen and oxygen atoms in total. The van der Waals surface area contributed by atoms with Gasteiger partial charge in [-0.15, -0.1) is 0 Å². The van der Waals surface area contributed by atoms with Crippen LogP contribution in [0, 0.1) is 11.3 Å². The van der Waals surface area contributed by atoms with Crippen LogP contribution in [-0.2, 0) is 14.9 Å². The van der Waals surface area contributed by atoms with Crippen LogP contribution in [0.15, 0.2) is 77.2 Å². The van der Waals surface area contributed by atoms with Crippen LogP contribution < -0.4 is 14.2 Å². The van der Waals surface area contributed by atoms with Crippen LogP contribution in [0.3, 0.4) is 0 Å². The van der Waals surface area contributed by atoms with Crippen molar-refractivity contribution < 1.29 is 22.1 Å². The predicted octanol–water partition coefficient (Wildman–Crippen LogP) is 5.32. The molecule has 1 N–H and O–H groups in total. The molecule has 0 saturated carbocycles. The lowest BCUT2D eigenvalue weighted by Gasteiger charge is -2.12. The normalized spacial score (nSPS) is 11.4. The Morgan fingerprint density at radius 2 is 1.73 bits per heavy atom. The van der Waals surface area contributed by atoms with Crippen molar-refractivity contribution in [2.75, 3.05) is 12.4 Å². The van der Waals surface area contributed by atoms with Gasteiger partial charge in [0.1, 0.15) is 16.5 Å². The van der Waals surface area contributed by atoms with Crippen LogP contribution in [0.5, 0.6) is 11.5 Å². The van der Waals surface area contributed by atoms with Crippen molar-refractivity contribution in [3.8, 4) is 17.6 Å². The van der Waals surface area contributed by atoms with Gasteiger partial charge in [-0.1, -0.05) is 47.5 Å². The number of hydrogen-bond acceptors (Lipinski definition) is 6. The average Bonchev–Trinajstić information content (AvgIpc) is 2.80. The first-order valence-electron chi connectivity index (χ1n) is 9.29. The molecule has 0 aliphatic carbocycles. The second kappa shape index (κ2) is 10.4. The number of rotatable bonds is 7. The molecule has 0 heterocycles. The molecule has 0 radical (unpaired) electrons. The number of benzene rings is 3. The maximum atomic E-state index is 12.6. The number of anilines is 1. The maximum absolute atomic E-state index is 12.6. The smallest absolute Gasteiger partial charge is 0.339 e. The zero-order valence-corrected chi connectivity index (χ0v) is 19.4. The van der Waals surface area contributed by atoms with Crippen LogP contribution in [0.2, 0.25) is 10.0 Å². The van der Waals surface area contributed by atoms with Crippen molar-refractivity contribution in [1.29, 1.82) is 5.26 Å². The van der Waals surface area contributed by atoms with E-state index in [-0.39, 0.29) is 27.0 Å². The largest absolute Gasteiger partial charge is 0.493 e. The van der Waals surface area contributed by atoms with Crippen LogP contribution in [-0.4, -0.2) is 21.4 Å². The molecule has 3 aromatic rings. The van der Waals surface area contributed by atoms with Gasteiger partial charge >= 0.3 is 10.1 Å². The first kappa shape index (κ1) is 24.1. The fourth-order valence-corrected chi connectivity index (χ4v) is 3.94. The van der Waals surface area contributed by atoms with E-state index in [0.29, 0.717) is 16.3 Å². The van der Waals surface area contributed by atoms with E-state index < -0.39 is 16.0 Å². The van der Waals surface area contributed by atoms with Gasteiger partial charge in [0.25, 0.3) is 5.91 Å². The number of methoxy groups -OCH3 is 1. The minimum absolute atomic E-state index is 0.0354.